The third-order valence-corrected chi connectivity index (χ3v) is 5.92. The van der Waals surface area contributed by atoms with Crippen LogP contribution in [0.1, 0.15) is 42.7 Å². The van der Waals surface area contributed by atoms with Gasteiger partial charge in [0.2, 0.25) is 0 Å². The van der Waals surface area contributed by atoms with Crippen molar-refractivity contribution in [1.82, 2.24) is 9.88 Å². The molecule has 2 aromatic carbocycles. The standard InChI is InChI=1S/C24H30N2O/c1-27-22-12-13-23-20(17-25-24(23)16-22)10-5-6-14-26-15-7-11-21(18-26)19-8-3-2-4-9-19/h2-4,8-9,12-13,16-17,21,25H,5-7,10-11,14-15,18H2,1H3. The molecule has 0 radical (unpaired) electrons. The highest BCUT2D eigenvalue weighted by molar-refractivity contribution is 5.84. The summed E-state index contributed by atoms with van der Waals surface area (Å²) >= 11 is 0. The topological polar surface area (TPSA) is 28.3 Å². The predicted molar refractivity (Wildman–Crippen MR) is 113 cm³/mol. The van der Waals surface area contributed by atoms with Crippen molar-refractivity contribution in [3.05, 3.63) is 65.9 Å². The number of hydrogen-bond donors (Lipinski definition) is 1. The second kappa shape index (κ2) is 8.62. The fourth-order valence-corrected chi connectivity index (χ4v) is 4.41. The maximum absolute atomic E-state index is 5.31. The molecule has 1 saturated heterocycles. The Bertz CT molecular complexity index is 855. The highest BCUT2D eigenvalue weighted by Crippen LogP contribution is 2.27. The fraction of sp³-hybridized carbons (Fsp3) is 0.417. The number of aromatic amines is 1. The summed E-state index contributed by atoms with van der Waals surface area (Å²) in [6.45, 7) is 3.70. The number of nitrogens with one attached hydrogen (secondary N) is 1. The molecule has 1 aromatic heterocycles. The minimum absolute atomic E-state index is 0.712. The summed E-state index contributed by atoms with van der Waals surface area (Å²) < 4.78 is 5.31. The zero-order valence-electron chi connectivity index (χ0n) is 16.3. The molecule has 0 spiro atoms. The van der Waals surface area contributed by atoms with Crippen LogP contribution in [0.25, 0.3) is 10.9 Å². The van der Waals surface area contributed by atoms with Gasteiger partial charge in [0.15, 0.2) is 0 Å². The molecule has 1 atom stereocenters. The van der Waals surface area contributed by atoms with E-state index in [4.69, 9.17) is 4.74 Å². The Morgan fingerprint density at radius 2 is 2.00 bits per heavy atom. The summed E-state index contributed by atoms with van der Waals surface area (Å²) in [6.07, 6.45) is 8.47. The number of benzene rings is 2. The molecule has 27 heavy (non-hydrogen) atoms. The SMILES string of the molecule is COc1ccc2c(CCCCN3CCCC(c4ccccc4)C3)c[nH]c2c1. The molecule has 0 aliphatic carbocycles. The number of aromatic nitrogens is 1. The lowest BCUT2D eigenvalue weighted by atomic mass is 9.90. The largest absolute Gasteiger partial charge is 0.497 e. The van der Waals surface area contributed by atoms with E-state index < -0.39 is 0 Å². The average molecular weight is 363 g/mol. The molecule has 1 fully saturated rings. The van der Waals surface area contributed by atoms with Gasteiger partial charge in [0, 0.05) is 29.7 Å². The van der Waals surface area contributed by atoms with E-state index in [0.29, 0.717) is 5.92 Å². The molecule has 1 unspecified atom stereocenters. The molecule has 142 valence electrons. The van der Waals surface area contributed by atoms with Gasteiger partial charge < -0.3 is 14.6 Å². The predicted octanol–water partition coefficient (Wildman–Crippen LogP) is 5.38. The Morgan fingerprint density at radius 3 is 2.85 bits per heavy atom. The quantitative estimate of drug-likeness (QED) is 0.572. The minimum Gasteiger partial charge on any atom is -0.497 e. The van der Waals surface area contributed by atoms with Crippen molar-refractivity contribution in [3.8, 4) is 5.75 Å². The first-order chi connectivity index (χ1) is 13.3. The Balaban J connectivity index is 1.26. The van der Waals surface area contributed by atoms with E-state index in [-0.39, 0.29) is 0 Å². The van der Waals surface area contributed by atoms with Crippen molar-refractivity contribution >= 4 is 10.9 Å². The van der Waals surface area contributed by atoms with Gasteiger partial charge in [0.1, 0.15) is 5.75 Å². The third-order valence-electron chi connectivity index (χ3n) is 5.92. The summed E-state index contributed by atoms with van der Waals surface area (Å²) in [5.41, 5.74) is 4.11. The summed E-state index contributed by atoms with van der Waals surface area (Å²) in [5, 5.41) is 1.33. The van der Waals surface area contributed by atoms with Crippen molar-refractivity contribution in [1.29, 1.82) is 0 Å². The summed E-state index contributed by atoms with van der Waals surface area (Å²) in [7, 11) is 1.72. The third kappa shape index (κ3) is 4.36. The smallest absolute Gasteiger partial charge is 0.120 e. The van der Waals surface area contributed by atoms with Crippen molar-refractivity contribution in [2.75, 3.05) is 26.7 Å². The van der Waals surface area contributed by atoms with Crippen LogP contribution < -0.4 is 4.74 Å². The Labute approximate surface area is 162 Å². The van der Waals surface area contributed by atoms with Gasteiger partial charge in [0.05, 0.1) is 7.11 Å². The zero-order valence-corrected chi connectivity index (χ0v) is 16.3. The van der Waals surface area contributed by atoms with Crippen molar-refractivity contribution in [2.45, 2.75) is 38.0 Å². The highest BCUT2D eigenvalue weighted by Gasteiger charge is 2.20. The van der Waals surface area contributed by atoms with E-state index in [1.807, 2.05) is 0 Å². The van der Waals surface area contributed by atoms with Crippen LogP contribution in [0.2, 0.25) is 0 Å². The molecule has 1 aliphatic heterocycles. The van der Waals surface area contributed by atoms with E-state index in [0.717, 1.165) is 12.2 Å². The number of rotatable bonds is 7. The first-order valence-corrected chi connectivity index (χ1v) is 10.2. The number of H-pyrrole nitrogens is 1. The molecule has 3 nitrogen and oxygen atoms in total. The number of fused-ring (bicyclic) bond motifs is 1. The maximum Gasteiger partial charge on any atom is 0.120 e. The van der Waals surface area contributed by atoms with Gasteiger partial charge in [-0.2, -0.15) is 0 Å². The second-order valence-electron chi connectivity index (χ2n) is 7.73. The highest BCUT2D eigenvalue weighted by atomic mass is 16.5. The Kier molecular flexibility index (Phi) is 5.78. The molecule has 0 saturated carbocycles. The number of aryl methyl sites for hydroxylation is 1. The Hall–Kier alpha value is -2.26. The van der Waals surface area contributed by atoms with Crippen LogP contribution in [0.15, 0.2) is 54.7 Å². The number of hydrogen-bond acceptors (Lipinski definition) is 2. The summed E-state index contributed by atoms with van der Waals surface area (Å²) in [6, 6.07) is 17.4. The molecule has 4 rings (SSSR count). The molecule has 1 aliphatic rings. The number of piperidine rings is 1. The van der Waals surface area contributed by atoms with Gasteiger partial charge >= 0.3 is 0 Å². The van der Waals surface area contributed by atoms with Gasteiger partial charge in [-0.05, 0) is 74.4 Å². The lowest BCUT2D eigenvalue weighted by molar-refractivity contribution is 0.204. The van der Waals surface area contributed by atoms with Crippen molar-refractivity contribution in [2.24, 2.45) is 0 Å². The van der Waals surface area contributed by atoms with Gasteiger partial charge in [-0.3, -0.25) is 0 Å². The number of methoxy groups -OCH3 is 1. The van der Waals surface area contributed by atoms with Gasteiger partial charge in [-0.15, -0.1) is 0 Å². The number of nitrogens with zero attached hydrogens (tertiary/aromatic N) is 1. The first-order valence-electron chi connectivity index (χ1n) is 10.2. The maximum atomic E-state index is 5.31. The lowest BCUT2D eigenvalue weighted by Gasteiger charge is -2.33. The van der Waals surface area contributed by atoms with E-state index in [2.05, 4.69) is 64.6 Å². The molecular formula is C24H30N2O. The molecular weight excluding hydrogens is 332 g/mol. The van der Waals surface area contributed by atoms with Crippen LogP contribution in [-0.2, 0) is 6.42 Å². The molecule has 3 heteroatoms. The average Bonchev–Trinajstić information content (AvgIpc) is 3.14. The van der Waals surface area contributed by atoms with Crippen LogP contribution >= 0.6 is 0 Å². The normalized spacial score (nSPS) is 18.0. The monoisotopic (exact) mass is 362 g/mol. The van der Waals surface area contributed by atoms with Gasteiger partial charge in [-0.25, -0.2) is 0 Å². The molecule has 0 bridgehead atoms. The second-order valence-corrected chi connectivity index (χ2v) is 7.73. The fourth-order valence-electron chi connectivity index (χ4n) is 4.41. The van der Waals surface area contributed by atoms with Crippen LogP contribution in [0, 0.1) is 0 Å². The van der Waals surface area contributed by atoms with Crippen LogP contribution in [0.5, 0.6) is 5.75 Å². The minimum atomic E-state index is 0.712. The zero-order chi connectivity index (χ0) is 18.5. The summed E-state index contributed by atoms with van der Waals surface area (Å²) in [4.78, 5) is 6.05. The first kappa shape index (κ1) is 18.1. The number of unbranched alkanes of at least 4 members (excludes halogenated alkanes) is 1. The lowest BCUT2D eigenvalue weighted by Crippen LogP contribution is -2.35. The molecule has 1 N–H and O–H groups in total. The van der Waals surface area contributed by atoms with E-state index in [9.17, 15) is 0 Å². The number of ether oxygens (including phenoxy) is 1. The van der Waals surface area contributed by atoms with Crippen LogP contribution in [0.3, 0.4) is 0 Å². The summed E-state index contributed by atoms with van der Waals surface area (Å²) in [5.74, 6) is 1.62. The van der Waals surface area contributed by atoms with Gasteiger partial charge in [0.25, 0.3) is 0 Å². The van der Waals surface area contributed by atoms with Gasteiger partial charge in [-0.1, -0.05) is 30.3 Å². The number of likely N-dealkylation sites (tertiary alicyclic amines) is 1. The molecule has 0 amide bonds. The molecule has 3 aromatic rings. The Morgan fingerprint density at radius 1 is 1.11 bits per heavy atom. The molecule has 2 heterocycles. The van der Waals surface area contributed by atoms with Crippen LogP contribution in [-0.4, -0.2) is 36.6 Å². The van der Waals surface area contributed by atoms with E-state index in [1.165, 1.54) is 67.3 Å². The van der Waals surface area contributed by atoms with Crippen molar-refractivity contribution < 1.29 is 4.74 Å². The van der Waals surface area contributed by atoms with Crippen molar-refractivity contribution in [3.63, 3.8) is 0 Å². The van der Waals surface area contributed by atoms with E-state index in [1.54, 1.807) is 7.11 Å². The van der Waals surface area contributed by atoms with Crippen LogP contribution in [0.4, 0.5) is 0 Å². The van der Waals surface area contributed by atoms with E-state index >= 15 is 0 Å².